The number of alkyl halides is 1. The molecule has 1 aromatic rings. The van der Waals surface area contributed by atoms with Crippen molar-refractivity contribution in [3.05, 3.63) is 35.4 Å². The Labute approximate surface area is 174 Å². The third-order valence-corrected chi connectivity index (χ3v) is 7.89. The summed E-state index contributed by atoms with van der Waals surface area (Å²) in [6.45, 7) is 13.8. The molecule has 0 radical (unpaired) electrons. The average molecular weight is 452 g/mol. The van der Waals surface area contributed by atoms with Gasteiger partial charge in [-0.25, -0.2) is 4.39 Å². The molecule has 9 heteroatoms. The fraction of sp³-hybridized carbons (Fsp3) is 0.700. The van der Waals surface area contributed by atoms with Crippen molar-refractivity contribution in [2.24, 2.45) is 0 Å². The Morgan fingerprint density at radius 3 is 1.45 bits per heavy atom. The summed E-state index contributed by atoms with van der Waals surface area (Å²) in [5.74, 6) is -1.92. The minimum Gasteiger partial charge on any atom is -0.306 e. The first-order valence-electron chi connectivity index (χ1n) is 9.91. The number of rotatable bonds is 12. The molecule has 0 aliphatic heterocycles. The van der Waals surface area contributed by atoms with Gasteiger partial charge in [0.2, 0.25) is 5.91 Å². The van der Waals surface area contributed by atoms with Crippen molar-refractivity contribution in [1.29, 1.82) is 0 Å². The van der Waals surface area contributed by atoms with Crippen molar-refractivity contribution in [2.45, 2.75) is 91.9 Å². The van der Waals surface area contributed by atoms with E-state index in [2.05, 4.69) is 0 Å². The molecular weight excluding hydrogens is 417 g/mol. The predicted molar refractivity (Wildman–Crippen MR) is 114 cm³/mol. The summed E-state index contributed by atoms with van der Waals surface area (Å²) in [7, 11) is -7.37. The summed E-state index contributed by atoms with van der Waals surface area (Å²) in [6.07, 6.45) is -1.38. The maximum atomic E-state index is 15.1. The molecule has 0 heterocycles. The third-order valence-electron chi connectivity index (χ3n) is 3.37. The minimum absolute atomic E-state index is 0.0588. The molecule has 0 saturated heterocycles. The van der Waals surface area contributed by atoms with E-state index in [1.807, 2.05) is 0 Å². The minimum atomic E-state index is -4.01. The highest BCUT2D eigenvalue weighted by Crippen LogP contribution is 2.63. The zero-order chi connectivity index (χ0) is 22.4. The van der Waals surface area contributed by atoms with Crippen LogP contribution in [0.1, 0.15) is 72.4 Å². The zero-order valence-corrected chi connectivity index (χ0v) is 20.4. The van der Waals surface area contributed by atoms with Crippen LogP contribution in [0.25, 0.3) is 0 Å². The molecule has 0 aromatic heterocycles. The molecule has 0 saturated carbocycles. The number of hydrogen-bond donors (Lipinski definition) is 0. The van der Waals surface area contributed by atoms with Crippen LogP contribution in [0, 0.1) is 0 Å². The van der Waals surface area contributed by atoms with E-state index in [-0.39, 0.29) is 23.9 Å². The summed E-state index contributed by atoms with van der Waals surface area (Å²) in [6, 6.07) is 6.23. The monoisotopic (exact) mass is 452 g/mol. The Morgan fingerprint density at radius 1 is 0.724 bits per heavy atom. The van der Waals surface area contributed by atoms with E-state index in [1.165, 1.54) is 12.1 Å². The normalized spacial score (nSPS) is 14.4. The molecule has 0 fully saturated rings. The highest BCUT2D eigenvalue weighted by molar-refractivity contribution is 7.54. The molecule has 168 valence electrons. The molecule has 1 atom stereocenters. The van der Waals surface area contributed by atoms with Crippen molar-refractivity contribution >= 4 is 15.2 Å². The van der Waals surface area contributed by atoms with Gasteiger partial charge in [0.1, 0.15) is 0 Å². The van der Waals surface area contributed by atoms with E-state index < -0.39 is 33.3 Å². The maximum Gasteiger partial charge on any atom is 0.369 e. The van der Waals surface area contributed by atoms with E-state index >= 15 is 4.39 Å². The number of benzene rings is 1. The second-order valence-electron chi connectivity index (χ2n) is 8.00. The first-order chi connectivity index (χ1) is 13.3. The van der Waals surface area contributed by atoms with Gasteiger partial charge >= 0.3 is 15.2 Å². The van der Waals surface area contributed by atoms with Crippen LogP contribution in [0.15, 0.2) is 24.3 Å². The molecule has 0 amide bonds. The number of halogens is 1. The van der Waals surface area contributed by atoms with Crippen molar-refractivity contribution in [3.8, 4) is 0 Å². The maximum absolute atomic E-state index is 15.1. The molecule has 29 heavy (non-hydrogen) atoms. The van der Waals surface area contributed by atoms with Crippen LogP contribution < -0.4 is 0 Å². The van der Waals surface area contributed by atoms with Crippen LogP contribution in [0.3, 0.4) is 0 Å². The van der Waals surface area contributed by atoms with Crippen LogP contribution in [0.4, 0.5) is 4.39 Å². The van der Waals surface area contributed by atoms with E-state index in [1.54, 1.807) is 67.5 Å². The Bertz CT molecular complexity index is 690. The molecule has 1 rings (SSSR count). The SMILES string of the molecule is CC(C)OP(=O)(Cc1ccc(C(F)P(=O)(OC(C)C)OC(C)C)cc1)OC(C)C. The highest BCUT2D eigenvalue weighted by atomic mass is 31.2. The van der Waals surface area contributed by atoms with Crippen molar-refractivity contribution in [3.63, 3.8) is 0 Å². The van der Waals surface area contributed by atoms with Gasteiger partial charge in [-0.1, -0.05) is 24.3 Å². The molecule has 0 bridgehead atoms. The lowest BCUT2D eigenvalue weighted by Gasteiger charge is -2.26. The largest absolute Gasteiger partial charge is 0.369 e. The summed E-state index contributed by atoms with van der Waals surface area (Å²) in [5.41, 5.74) is 0.831. The topological polar surface area (TPSA) is 71.1 Å². The summed E-state index contributed by atoms with van der Waals surface area (Å²) < 4.78 is 62.9. The fourth-order valence-corrected chi connectivity index (χ4v) is 6.77. The van der Waals surface area contributed by atoms with Crippen LogP contribution >= 0.6 is 15.2 Å². The van der Waals surface area contributed by atoms with Crippen molar-refractivity contribution < 1.29 is 31.6 Å². The van der Waals surface area contributed by atoms with Gasteiger partial charge in [-0.3, -0.25) is 9.13 Å². The second kappa shape index (κ2) is 11.2. The van der Waals surface area contributed by atoms with Gasteiger partial charge in [0, 0.05) is 0 Å². The van der Waals surface area contributed by atoms with Gasteiger partial charge in [0.15, 0.2) is 0 Å². The lowest BCUT2D eigenvalue weighted by atomic mass is 10.2. The third kappa shape index (κ3) is 9.00. The lowest BCUT2D eigenvalue weighted by Crippen LogP contribution is -2.12. The lowest BCUT2D eigenvalue weighted by molar-refractivity contribution is 0.123. The first kappa shape index (κ1) is 26.5. The Morgan fingerprint density at radius 2 is 1.10 bits per heavy atom. The summed E-state index contributed by atoms with van der Waals surface area (Å²) in [5, 5.41) is 0. The van der Waals surface area contributed by atoms with Gasteiger partial charge < -0.3 is 18.1 Å². The summed E-state index contributed by atoms with van der Waals surface area (Å²) >= 11 is 0. The molecule has 0 spiro atoms. The average Bonchev–Trinajstić information content (AvgIpc) is 2.51. The Kier molecular flexibility index (Phi) is 10.2. The molecule has 1 unspecified atom stereocenters. The van der Waals surface area contributed by atoms with Gasteiger partial charge in [-0.2, -0.15) is 0 Å². The fourth-order valence-electron chi connectivity index (χ4n) is 2.65. The van der Waals surface area contributed by atoms with Crippen LogP contribution in [0.5, 0.6) is 0 Å². The van der Waals surface area contributed by atoms with Gasteiger partial charge in [-0.05, 0) is 66.5 Å². The number of hydrogen-bond acceptors (Lipinski definition) is 6. The van der Waals surface area contributed by atoms with Crippen molar-refractivity contribution in [2.75, 3.05) is 0 Å². The first-order valence-corrected chi connectivity index (χ1v) is 13.3. The predicted octanol–water partition coefficient (Wildman–Crippen LogP) is 7.24. The molecule has 0 N–H and O–H groups in total. The molecule has 1 aromatic carbocycles. The van der Waals surface area contributed by atoms with E-state index in [9.17, 15) is 9.13 Å². The molecular formula is C20H35FO6P2. The summed E-state index contributed by atoms with van der Waals surface area (Å²) in [4.78, 5) is 0. The van der Waals surface area contributed by atoms with Gasteiger partial charge in [0.25, 0.3) is 0 Å². The Balaban J connectivity index is 3.06. The van der Waals surface area contributed by atoms with Gasteiger partial charge in [0.05, 0.1) is 30.6 Å². The van der Waals surface area contributed by atoms with Crippen LogP contribution in [-0.2, 0) is 33.4 Å². The highest BCUT2D eigenvalue weighted by Gasteiger charge is 2.39. The zero-order valence-electron chi connectivity index (χ0n) is 18.6. The van der Waals surface area contributed by atoms with E-state index in [4.69, 9.17) is 18.1 Å². The second-order valence-corrected chi connectivity index (χ2v) is 11.9. The standard InChI is InChI=1S/C20H35FO6P2/c1-14(2)24-28(22,25-15(3)4)13-18-9-11-19(12-10-18)20(21)29(23,26-16(5)6)27-17(7)8/h9-12,14-17,20H,13H2,1-8H3. The smallest absolute Gasteiger partial charge is 0.306 e. The van der Waals surface area contributed by atoms with Gasteiger partial charge in [-0.15, -0.1) is 0 Å². The van der Waals surface area contributed by atoms with Crippen LogP contribution in [-0.4, -0.2) is 24.4 Å². The molecule has 0 aliphatic rings. The quantitative estimate of drug-likeness (QED) is 0.311. The van der Waals surface area contributed by atoms with E-state index in [0.29, 0.717) is 5.56 Å². The van der Waals surface area contributed by atoms with Crippen LogP contribution in [0.2, 0.25) is 0 Å². The van der Waals surface area contributed by atoms with Crippen molar-refractivity contribution in [1.82, 2.24) is 0 Å². The molecule has 0 aliphatic carbocycles. The van der Waals surface area contributed by atoms with E-state index in [0.717, 1.165) is 0 Å². The Hall–Kier alpha value is -0.550. The molecule has 6 nitrogen and oxygen atoms in total.